The van der Waals surface area contributed by atoms with Crippen LogP contribution in [0.1, 0.15) is 51.4 Å². The maximum atomic E-state index is 12.4. The number of benzene rings is 1. The molecular formula is C16H19N3O3. The first-order valence-corrected chi connectivity index (χ1v) is 7.06. The van der Waals surface area contributed by atoms with Gasteiger partial charge in [0.25, 0.3) is 5.91 Å². The van der Waals surface area contributed by atoms with Crippen molar-refractivity contribution in [3.05, 3.63) is 52.8 Å². The number of hydrogen-bond donors (Lipinski definition) is 2. The number of hydrogen-bond acceptors (Lipinski definition) is 3. The van der Waals surface area contributed by atoms with Crippen molar-refractivity contribution in [2.45, 2.75) is 26.3 Å². The van der Waals surface area contributed by atoms with Crippen molar-refractivity contribution >= 4 is 11.9 Å². The number of carbonyl (C=O) groups excluding carboxylic acids is 1. The molecule has 0 aliphatic heterocycles. The Balaban J connectivity index is 2.25. The molecule has 0 radical (unpaired) electrons. The molecular weight excluding hydrogens is 282 g/mol. The zero-order valence-corrected chi connectivity index (χ0v) is 12.8. The molecule has 1 heterocycles. The van der Waals surface area contributed by atoms with Gasteiger partial charge in [0.1, 0.15) is 11.3 Å². The summed E-state index contributed by atoms with van der Waals surface area (Å²) in [5.41, 5.74) is 2.09. The third kappa shape index (κ3) is 3.16. The SMILES string of the molecule is CCC(NC(=O)c1c(C(=O)O)cnn1C)c1ccc(C)cc1. The Labute approximate surface area is 128 Å². The Hall–Kier alpha value is -2.63. The van der Waals surface area contributed by atoms with Gasteiger partial charge in [0.15, 0.2) is 0 Å². The molecule has 0 saturated heterocycles. The number of nitrogens with zero attached hydrogens (tertiary/aromatic N) is 2. The second-order valence-corrected chi connectivity index (χ2v) is 5.18. The van der Waals surface area contributed by atoms with E-state index in [1.54, 1.807) is 7.05 Å². The molecule has 2 aromatic rings. The van der Waals surface area contributed by atoms with E-state index in [1.165, 1.54) is 10.9 Å². The predicted octanol–water partition coefficient (Wildman–Crippen LogP) is 2.31. The molecule has 2 rings (SSSR count). The van der Waals surface area contributed by atoms with Gasteiger partial charge in [-0.15, -0.1) is 0 Å². The van der Waals surface area contributed by atoms with Gasteiger partial charge in [0, 0.05) is 7.05 Å². The van der Waals surface area contributed by atoms with E-state index in [2.05, 4.69) is 10.4 Å². The summed E-state index contributed by atoms with van der Waals surface area (Å²) in [5.74, 6) is -1.61. The van der Waals surface area contributed by atoms with Gasteiger partial charge in [-0.1, -0.05) is 36.8 Å². The molecule has 1 atom stereocenters. The molecule has 0 saturated carbocycles. The largest absolute Gasteiger partial charge is 0.478 e. The predicted molar refractivity (Wildman–Crippen MR) is 81.8 cm³/mol. The van der Waals surface area contributed by atoms with Gasteiger partial charge in [-0.2, -0.15) is 5.10 Å². The van der Waals surface area contributed by atoms with Crippen LogP contribution in [-0.4, -0.2) is 26.8 Å². The van der Waals surface area contributed by atoms with Crippen LogP contribution in [0.4, 0.5) is 0 Å². The van der Waals surface area contributed by atoms with Gasteiger partial charge in [0.05, 0.1) is 12.2 Å². The number of amides is 1. The average molecular weight is 301 g/mol. The molecule has 1 aromatic carbocycles. The molecule has 0 aliphatic rings. The normalized spacial score (nSPS) is 12.0. The number of aryl methyl sites for hydroxylation is 2. The van der Waals surface area contributed by atoms with Gasteiger partial charge < -0.3 is 10.4 Å². The molecule has 1 amide bonds. The maximum absolute atomic E-state index is 12.4. The van der Waals surface area contributed by atoms with E-state index in [0.717, 1.165) is 11.1 Å². The number of carboxylic acids is 1. The lowest BCUT2D eigenvalue weighted by Crippen LogP contribution is -2.31. The highest BCUT2D eigenvalue weighted by Crippen LogP contribution is 2.18. The highest BCUT2D eigenvalue weighted by Gasteiger charge is 2.23. The van der Waals surface area contributed by atoms with Crippen LogP contribution in [0.25, 0.3) is 0 Å². The van der Waals surface area contributed by atoms with Crippen molar-refractivity contribution in [3.63, 3.8) is 0 Å². The minimum Gasteiger partial charge on any atom is -0.478 e. The first-order valence-electron chi connectivity index (χ1n) is 7.06. The van der Waals surface area contributed by atoms with E-state index in [0.29, 0.717) is 6.42 Å². The number of carboxylic acid groups (broad SMARTS) is 1. The minimum absolute atomic E-state index is 0.0538. The fraction of sp³-hybridized carbons (Fsp3) is 0.312. The molecule has 0 bridgehead atoms. The Kier molecular flexibility index (Phi) is 4.60. The molecule has 2 N–H and O–H groups in total. The van der Waals surface area contributed by atoms with Crippen molar-refractivity contribution < 1.29 is 14.7 Å². The average Bonchev–Trinajstić information content (AvgIpc) is 2.87. The van der Waals surface area contributed by atoms with Crippen LogP contribution in [0.15, 0.2) is 30.5 Å². The lowest BCUT2D eigenvalue weighted by molar-refractivity contribution is 0.0690. The van der Waals surface area contributed by atoms with Crippen LogP contribution in [0.5, 0.6) is 0 Å². The second kappa shape index (κ2) is 6.43. The van der Waals surface area contributed by atoms with Crippen molar-refractivity contribution in [2.75, 3.05) is 0 Å². The number of aromatic nitrogens is 2. The topological polar surface area (TPSA) is 84.2 Å². The lowest BCUT2D eigenvalue weighted by Gasteiger charge is -2.18. The fourth-order valence-electron chi connectivity index (χ4n) is 2.31. The third-order valence-corrected chi connectivity index (χ3v) is 3.58. The molecule has 1 aromatic heterocycles. The third-order valence-electron chi connectivity index (χ3n) is 3.58. The van der Waals surface area contributed by atoms with Crippen LogP contribution >= 0.6 is 0 Å². The second-order valence-electron chi connectivity index (χ2n) is 5.18. The monoisotopic (exact) mass is 301 g/mol. The number of nitrogens with one attached hydrogen (secondary N) is 1. The van der Waals surface area contributed by atoms with Crippen molar-refractivity contribution in [1.29, 1.82) is 0 Å². The fourth-order valence-corrected chi connectivity index (χ4v) is 2.31. The van der Waals surface area contributed by atoms with E-state index < -0.39 is 11.9 Å². The molecule has 0 fully saturated rings. The van der Waals surface area contributed by atoms with E-state index in [4.69, 9.17) is 5.11 Å². The molecule has 0 aliphatic carbocycles. The van der Waals surface area contributed by atoms with Crippen LogP contribution in [-0.2, 0) is 7.05 Å². The summed E-state index contributed by atoms with van der Waals surface area (Å²) in [5, 5.41) is 15.9. The highest BCUT2D eigenvalue weighted by molar-refractivity contribution is 6.03. The summed E-state index contributed by atoms with van der Waals surface area (Å²) in [4.78, 5) is 23.6. The summed E-state index contributed by atoms with van der Waals surface area (Å²) in [7, 11) is 1.55. The molecule has 6 nitrogen and oxygen atoms in total. The minimum atomic E-state index is -1.17. The van der Waals surface area contributed by atoms with Crippen molar-refractivity contribution in [2.24, 2.45) is 7.05 Å². The lowest BCUT2D eigenvalue weighted by atomic mass is 10.0. The van der Waals surface area contributed by atoms with E-state index >= 15 is 0 Å². The van der Waals surface area contributed by atoms with Gasteiger partial charge in [-0.05, 0) is 18.9 Å². The van der Waals surface area contributed by atoms with Crippen LogP contribution in [0.2, 0.25) is 0 Å². The zero-order valence-electron chi connectivity index (χ0n) is 12.8. The molecule has 6 heteroatoms. The van der Waals surface area contributed by atoms with Gasteiger partial charge in [-0.25, -0.2) is 4.79 Å². The van der Waals surface area contributed by atoms with Gasteiger partial charge >= 0.3 is 5.97 Å². The Morgan fingerprint density at radius 3 is 2.50 bits per heavy atom. The molecule has 22 heavy (non-hydrogen) atoms. The van der Waals surface area contributed by atoms with Crippen LogP contribution in [0, 0.1) is 6.92 Å². The maximum Gasteiger partial charge on any atom is 0.339 e. The smallest absolute Gasteiger partial charge is 0.339 e. The first kappa shape index (κ1) is 15.8. The van der Waals surface area contributed by atoms with Gasteiger partial charge in [0.2, 0.25) is 0 Å². The summed E-state index contributed by atoms with van der Waals surface area (Å²) in [6.45, 7) is 3.96. The summed E-state index contributed by atoms with van der Waals surface area (Å²) < 4.78 is 1.28. The molecule has 116 valence electrons. The highest BCUT2D eigenvalue weighted by atomic mass is 16.4. The number of carbonyl (C=O) groups is 2. The van der Waals surface area contributed by atoms with Gasteiger partial charge in [-0.3, -0.25) is 9.48 Å². The first-order chi connectivity index (χ1) is 10.4. The summed E-state index contributed by atoms with van der Waals surface area (Å²) in [6.07, 6.45) is 1.89. The summed E-state index contributed by atoms with van der Waals surface area (Å²) >= 11 is 0. The van der Waals surface area contributed by atoms with E-state index in [9.17, 15) is 9.59 Å². The Morgan fingerprint density at radius 1 is 1.32 bits per heavy atom. The standard InChI is InChI=1S/C16H19N3O3/c1-4-13(11-7-5-10(2)6-8-11)18-15(20)14-12(16(21)22)9-17-19(14)3/h5-9,13H,4H2,1-3H3,(H,18,20)(H,21,22). The number of rotatable bonds is 5. The number of aromatic carboxylic acids is 1. The quantitative estimate of drug-likeness (QED) is 0.887. The van der Waals surface area contributed by atoms with Crippen LogP contribution in [0.3, 0.4) is 0 Å². The van der Waals surface area contributed by atoms with E-state index in [-0.39, 0.29) is 17.3 Å². The van der Waals surface area contributed by atoms with Crippen molar-refractivity contribution in [1.82, 2.24) is 15.1 Å². The molecule has 0 spiro atoms. The van der Waals surface area contributed by atoms with Crippen LogP contribution < -0.4 is 5.32 Å². The summed E-state index contributed by atoms with van der Waals surface area (Å²) in [6, 6.07) is 7.72. The Morgan fingerprint density at radius 2 is 1.95 bits per heavy atom. The van der Waals surface area contributed by atoms with E-state index in [1.807, 2.05) is 38.1 Å². The molecule has 1 unspecified atom stereocenters. The van der Waals surface area contributed by atoms with Crippen molar-refractivity contribution in [3.8, 4) is 0 Å². The Bertz CT molecular complexity index is 689. The zero-order chi connectivity index (χ0) is 16.3.